The van der Waals surface area contributed by atoms with Crippen LogP contribution in [0.2, 0.25) is 0 Å². The van der Waals surface area contributed by atoms with Gasteiger partial charge < -0.3 is 5.32 Å². The smallest absolute Gasteiger partial charge is 0.242 e. The zero-order chi connectivity index (χ0) is 14.2. The standard InChI is InChI=1S/C13H18N2O3S/c1-9-7-12(9)13(16)14-10-5-4-6-11(8-10)19(17,18)15(2)3/h4-6,8-9,12H,7H2,1-3H3,(H,14,16)/t9-,12-/m1/s1. The molecule has 0 heterocycles. The van der Waals surface area contributed by atoms with Crippen LogP contribution in [-0.2, 0) is 14.8 Å². The second-order valence-corrected chi connectivity index (χ2v) is 7.28. The zero-order valence-corrected chi connectivity index (χ0v) is 12.1. The highest BCUT2D eigenvalue weighted by Crippen LogP contribution is 2.38. The molecule has 0 radical (unpaired) electrons. The van der Waals surface area contributed by atoms with E-state index in [1.54, 1.807) is 12.1 Å². The molecule has 19 heavy (non-hydrogen) atoms. The fourth-order valence-corrected chi connectivity index (χ4v) is 2.82. The predicted octanol–water partition coefficient (Wildman–Crippen LogP) is 1.53. The van der Waals surface area contributed by atoms with E-state index >= 15 is 0 Å². The first-order chi connectivity index (χ1) is 8.82. The van der Waals surface area contributed by atoms with E-state index in [-0.39, 0.29) is 16.7 Å². The van der Waals surface area contributed by atoms with Gasteiger partial charge in [0.05, 0.1) is 4.90 Å². The Bertz CT molecular complexity index is 596. The maximum atomic E-state index is 12.0. The van der Waals surface area contributed by atoms with Crippen LogP contribution in [0.25, 0.3) is 0 Å². The minimum absolute atomic E-state index is 0.0353. The maximum absolute atomic E-state index is 12.0. The zero-order valence-electron chi connectivity index (χ0n) is 11.3. The first kappa shape index (κ1) is 14.0. The molecule has 1 aliphatic rings. The number of carbonyl (C=O) groups excluding carboxylic acids is 1. The monoisotopic (exact) mass is 282 g/mol. The highest BCUT2D eigenvalue weighted by Gasteiger charge is 2.39. The van der Waals surface area contributed by atoms with Crippen molar-refractivity contribution < 1.29 is 13.2 Å². The van der Waals surface area contributed by atoms with Crippen LogP contribution in [0.5, 0.6) is 0 Å². The Morgan fingerprint density at radius 1 is 1.37 bits per heavy atom. The summed E-state index contributed by atoms with van der Waals surface area (Å²) in [6.07, 6.45) is 0.904. The van der Waals surface area contributed by atoms with Gasteiger partial charge in [-0.05, 0) is 30.5 Å². The Hall–Kier alpha value is -1.40. The molecule has 0 aromatic heterocycles. The van der Waals surface area contributed by atoms with Gasteiger partial charge in [-0.15, -0.1) is 0 Å². The van der Waals surface area contributed by atoms with Crippen LogP contribution in [0.3, 0.4) is 0 Å². The van der Waals surface area contributed by atoms with Gasteiger partial charge in [0.2, 0.25) is 15.9 Å². The molecule has 1 fully saturated rings. The topological polar surface area (TPSA) is 66.5 Å². The average molecular weight is 282 g/mol. The highest BCUT2D eigenvalue weighted by atomic mass is 32.2. The van der Waals surface area contributed by atoms with Crippen LogP contribution in [0.15, 0.2) is 29.2 Å². The number of carbonyl (C=O) groups is 1. The Balaban J connectivity index is 2.18. The van der Waals surface area contributed by atoms with Crippen molar-refractivity contribution in [3.05, 3.63) is 24.3 Å². The largest absolute Gasteiger partial charge is 0.326 e. The van der Waals surface area contributed by atoms with Crippen LogP contribution in [-0.4, -0.2) is 32.7 Å². The fraction of sp³-hybridized carbons (Fsp3) is 0.462. The van der Waals surface area contributed by atoms with E-state index in [9.17, 15) is 13.2 Å². The van der Waals surface area contributed by atoms with Crippen molar-refractivity contribution in [1.29, 1.82) is 0 Å². The van der Waals surface area contributed by atoms with Crippen LogP contribution >= 0.6 is 0 Å². The van der Waals surface area contributed by atoms with Gasteiger partial charge in [0, 0.05) is 25.7 Å². The van der Waals surface area contributed by atoms with E-state index < -0.39 is 10.0 Å². The highest BCUT2D eigenvalue weighted by molar-refractivity contribution is 7.89. The van der Waals surface area contributed by atoms with Crippen molar-refractivity contribution in [2.24, 2.45) is 11.8 Å². The van der Waals surface area contributed by atoms with E-state index in [4.69, 9.17) is 0 Å². The van der Waals surface area contributed by atoms with Crippen molar-refractivity contribution in [3.63, 3.8) is 0 Å². The Kier molecular flexibility index (Phi) is 3.64. The molecular formula is C13H18N2O3S. The van der Waals surface area contributed by atoms with Crippen molar-refractivity contribution in [1.82, 2.24) is 4.31 Å². The summed E-state index contributed by atoms with van der Waals surface area (Å²) in [6.45, 7) is 2.02. The van der Waals surface area contributed by atoms with Crippen LogP contribution in [0.4, 0.5) is 5.69 Å². The lowest BCUT2D eigenvalue weighted by Crippen LogP contribution is -2.22. The second kappa shape index (κ2) is 4.94. The number of nitrogens with one attached hydrogen (secondary N) is 1. The summed E-state index contributed by atoms with van der Waals surface area (Å²) in [4.78, 5) is 12.0. The molecule has 6 heteroatoms. The molecule has 2 rings (SSSR count). The van der Waals surface area contributed by atoms with E-state index in [1.807, 2.05) is 6.92 Å². The van der Waals surface area contributed by atoms with Crippen LogP contribution in [0, 0.1) is 11.8 Å². The average Bonchev–Trinajstić information content (AvgIpc) is 3.06. The molecule has 104 valence electrons. The molecule has 0 bridgehead atoms. The van der Waals surface area contributed by atoms with Crippen molar-refractivity contribution >= 4 is 21.6 Å². The van der Waals surface area contributed by atoms with Crippen molar-refractivity contribution in [2.75, 3.05) is 19.4 Å². The van der Waals surface area contributed by atoms with Crippen molar-refractivity contribution in [3.8, 4) is 0 Å². The number of hydrogen-bond donors (Lipinski definition) is 1. The first-order valence-corrected chi connectivity index (χ1v) is 7.60. The lowest BCUT2D eigenvalue weighted by Gasteiger charge is -2.12. The third kappa shape index (κ3) is 2.96. The predicted molar refractivity (Wildman–Crippen MR) is 73.2 cm³/mol. The molecule has 0 unspecified atom stereocenters. The quantitative estimate of drug-likeness (QED) is 0.910. The second-order valence-electron chi connectivity index (χ2n) is 5.12. The molecule has 0 spiro atoms. The van der Waals surface area contributed by atoms with E-state index in [1.165, 1.54) is 26.2 Å². The summed E-state index contributed by atoms with van der Waals surface area (Å²) in [7, 11) is -0.511. The maximum Gasteiger partial charge on any atom is 0.242 e. The summed E-state index contributed by atoms with van der Waals surface area (Å²) in [6, 6.07) is 6.33. The Morgan fingerprint density at radius 3 is 2.53 bits per heavy atom. The molecule has 0 aliphatic heterocycles. The molecule has 1 aromatic carbocycles. The third-order valence-electron chi connectivity index (χ3n) is 3.33. The molecule has 1 amide bonds. The van der Waals surface area contributed by atoms with E-state index in [2.05, 4.69) is 5.32 Å². The van der Waals surface area contributed by atoms with Crippen LogP contribution < -0.4 is 5.32 Å². The van der Waals surface area contributed by atoms with Gasteiger partial charge in [-0.25, -0.2) is 12.7 Å². The minimum Gasteiger partial charge on any atom is -0.326 e. The van der Waals surface area contributed by atoms with Crippen LogP contribution in [0.1, 0.15) is 13.3 Å². The molecule has 2 atom stereocenters. The summed E-state index contributed by atoms with van der Waals surface area (Å²) in [5.74, 6) is 0.453. The number of hydrogen-bond acceptors (Lipinski definition) is 3. The van der Waals surface area contributed by atoms with Gasteiger partial charge in [-0.2, -0.15) is 0 Å². The Labute approximate surface area is 113 Å². The number of nitrogens with zero attached hydrogens (tertiary/aromatic N) is 1. The number of anilines is 1. The fourth-order valence-electron chi connectivity index (χ4n) is 1.87. The van der Waals surface area contributed by atoms with E-state index in [0.717, 1.165) is 10.7 Å². The molecule has 5 nitrogen and oxygen atoms in total. The molecule has 1 N–H and O–H groups in total. The summed E-state index contributed by atoms with van der Waals surface area (Å²) in [5.41, 5.74) is 0.520. The summed E-state index contributed by atoms with van der Waals surface area (Å²) in [5, 5.41) is 2.76. The SMILES string of the molecule is C[C@@H]1C[C@H]1C(=O)Nc1cccc(S(=O)(=O)N(C)C)c1. The van der Waals surface area contributed by atoms with Gasteiger partial charge >= 0.3 is 0 Å². The molecular weight excluding hydrogens is 264 g/mol. The lowest BCUT2D eigenvalue weighted by molar-refractivity contribution is -0.117. The number of sulfonamides is 1. The molecule has 1 saturated carbocycles. The molecule has 1 aromatic rings. The Morgan fingerprint density at radius 2 is 2.00 bits per heavy atom. The summed E-state index contributed by atoms with van der Waals surface area (Å²) < 4.78 is 25.1. The van der Waals surface area contributed by atoms with Gasteiger partial charge in [0.1, 0.15) is 0 Å². The number of rotatable bonds is 4. The van der Waals surface area contributed by atoms with Gasteiger partial charge in [0.25, 0.3) is 0 Å². The van der Waals surface area contributed by atoms with Gasteiger partial charge in [0.15, 0.2) is 0 Å². The third-order valence-corrected chi connectivity index (χ3v) is 5.14. The first-order valence-electron chi connectivity index (χ1n) is 6.16. The lowest BCUT2D eigenvalue weighted by atomic mass is 10.3. The van der Waals surface area contributed by atoms with E-state index in [0.29, 0.717) is 11.6 Å². The van der Waals surface area contributed by atoms with Gasteiger partial charge in [-0.3, -0.25) is 4.79 Å². The minimum atomic E-state index is -3.47. The number of benzene rings is 1. The normalized spacial score (nSPS) is 22.3. The van der Waals surface area contributed by atoms with Gasteiger partial charge in [-0.1, -0.05) is 13.0 Å². The van der Waals surface area contributed by atoms with Crippen molar-refractivity contribution in [2.45, 2.75) is 18.2 Å². The molecule has 1 aliphatic carbocycles. The molecule has 0 saturated heterocycles. The number of amides is 1. The summed E-state index contributed by atoms with van der Waals surface area (Å²) >= 11 is 0.